The molecule has 0 N–H and O–H groups in total. The van der Waals surface area contributed by atoms with E-state index >= 15 is 0 Å². The first-order valence-electron chi connectivity index (χ1n) is 11.5. The number of piperazine rings is 1. The van der Waals surface area contributed by atoms with Crippen molar-refractivity contribution in [3.63, 3.8) is 0 Å². The lowest BCUT2D eigenvalue weighted by atomic mass is 10.1. The van der Waals surface area contributed by atoms with Crippen molar-refractivity contribution in [2.24, 2.45) is 0 Å². The largest absolute Gasteiger partial charge is 0.416 e. The van der Waals surface area contributed by atoms with Gasteiger partial charge in [0.1, 0.15) is 5.82 Å². The lowest BCUT2D eigenvalue weighted by Gasteiger charge is -2.40. The van der Waals surface area contributed by atoms with Gasteiger partial charge in [0, 0.05) is 50.5 Å². The highest BCUT2D eigenvalue weighted by Crippen LogP contribution is 2.32. The van der Waals surface area contributed by atoms with Crippen LogP contribution in [0.25, 0.3) is 0 Å². The maximum Gasteiger partial charge on any atom is 0.416 e. The van der Waals surface area contributed by atoms with Crippen molar-refractivity contribution in [2.75, 3.05) is 31.1 Å². The van der Waals surface area contributed by atoms with E-state index in [4.69, 9.17) is 0 Å². The van der Waals surface area contributed by atoms with E-state index in [1.54, 1.807) is 17.0 Å². The molecule has 8 heteroatoms. The second-order valence-corrected chi connectivity index (χ2v) is 8.80. The monoisotopic (exact) mass is 463 g/mol. The van der Waals surface area contributed by atoms with Crippen molar-refractivity contribution < 1.29 is 22.4 Å². The van der Waals surface area contributed by atoms with Gasteiger partial charge in [0.05, 0.1) is 11.6 Å². The van der Waals surface area contributed by atoms with Crippen LogP contribution in [0.5, 0.6) is 0 Å². The summed E-state index contributed by atoms with van der Waals surface area (Å²) in [6.45, 7) is 5.05. The summed E-state index contributed by atoms with van der Waals surface area (Å²) >= 11 is 0. The number of carbonyl (C=O) groups excluding carboxylic acids is 1. The molecular weight excluding hydrogens is 434 g/mol. The molecule has 1 amide bonds. The average molecular weight is 464 g/mol. The van der Waals surface area contributed by atoms with Crippen molar-refractivity contribution in [1.29, 1.82) is 0 Å². The van der Waals surface area contributed by atoms with Gasteiger partial charge in [-0.15, -0.1) is 0 Å². The molecule has 0 spiro atoms. The van der Waals surface area contributed by atoms with Crippen LogP contribution in [-0.2, 0) is 24.1 Å². The third-order valence-corrected chi connectivity index (χ3v) is 6.65. The number of anilines is 1. The van der Waals surface area contributed by atoms with Crippen LogP contribution in [0.15, 0.2) is 42.5 Å². The van der Waals surface area contributed by atoms with Crippen molar-refractivity contribution in [1.82, 2.24) is 9.80 Å². The zero-order valence-electron chi connectivity index (χ0n) is 18.7. The van der Waals surface area contributed by atoms with Gasteiger partial charge in [-0.3, -0.25) is 9.69 Å². The molecule has 0 bridgehead atoms. The van der Waals surface area contributed by atoms with Gasteiger partial charge in [-0.25, -0.2) is 4.39 Å². The third-order valence-electron chi connectivity index (χ3n) is 6.65. The number of nitrogens with zero attached hydrogens (tertiary/aromatic N) is 3. The Labute approximate surface area is 191 Å². The number of unbranched alkanes of at least 4 members (excludes halogenated alkanes) is 1. The molecule has 1 atom stereocenters. The van der Waals surface area contributed by atoms with Crippen molar-refractivity contribution in [3.05, 3.63) is 65.0 Å². The zero-order chi connectivity index (χ0) is 23.6. The number of benzene rings is 2. The fraction of sp³-hybridized carbons (Fsp3) is 0.480. The smallest absolute Gasteiger partial charge is 0.369 e. The molecule has 1 unspecified atom stereocenters. The number of amides is 1. The second kappa shape index (κ2) is 9.71. The third kappa shape index (κ3) is 5.16. The fourth-order valence-electron chi connectivity index (χ4n) is 4.78. The van der Waals surface area contributed by atoms with Crippen molar-refractivity contribution in [2.45, 2.75) is 51.5 Å². The Morgan fingerprint density at radius 2 is 1.76 bits per heavy atom. The van der Waals surface area contributed by atoms with E-state index in [0.717, 1.165) is 24.5 Å². The number of carbonyl (C=O) groups is 1. The van der Waals surface area contributed by atoms with Crippen LogP contribution in [0.1, 0.15) is 42.9 Å². The number of hydrogen-bond donors (Lipinski definition) is 0. The van der Waals surface area contributed by atoms with Crippen LogP contribution >= 0.6 is 0 Å². The Morgan fingerprint density at radius 1 is 1.03 bits per heavy atom. The minimum Gasteiger partial charge on any atom is -0.369 e. The minimum absolute atomic E-state index is 0.00608. The Hall–Kier alpha value is -2.61. The van der Waals surface area contributed by atoms with Crippen LogP contribution in [0.4, 0.5) is 23.2 Å². The van der Waals surface area contributed by atoms with Crippen molar-refractivity contribution >= 4 is 11.6 Å². The molecule has 4 rings (SSSR count). The molecule has 1 saturated heterocycles. The standard InChI is InChI=1S/C25H29F4N3O/c1-2-3-10-23(24(33)32-16-18-6-4-9-22(26)21(18)17-32)31-13-11-30(12-14-31)20-8-5-7-19(15-20)25(27,28)29/h4-9,15,23H,2-3,10-14,16-17H2,1H3. The van der Waals surface area contributed by atoms with Crippen LogP contribution in [-0.4, -0.2) is 47.9 Å². The molecular formula is C25H29F4N3O. The van der Waals surface area contributed by atoms with E-state index < -0.39 is 11.7 Å². The zero-order valence-corrected chi connectivity index (χ0v) is 18.7. The Bertz CT molecular complexity index is 986. The molecule has 2 aliphatic heterocycles. The predicted molar refractivity (Wildman–Crippen MR) is 119 cm³/mol. The molecule has 178 valence electrons. The number of halogens is 4. The predicted octanol–water partition coefficient (Wildman–Crippen LogP) is 5.07. The molecule has 0 saturated carbocycles. The van der Waals surface area contributed by atoms with Crippen LogP contribution < -0.4 is 4.90 Å². The summed E-state index contributed by atoms with van der Waals surface area (Å²) in [6, 6.07) is 10.1. The maximum atomic E-state index is 14.2. The van der Waals surface area contributed by atoms with Gasteiger partial charge in [-0.1, -0.05) is 38.0 Å². The van der Waals surface area contributed by atoms with Gasteiger partial charge in [0.2, 0.25) is 5.91 Å². The first-order valence-corrected chi connectivity index (χ1v) is 11.5. The van der Waals surface area contributed by atoms with E-state index in [1.165, 1.54) is 18.2 Å². The summed E-state index contributed by atoms with van der Waals surface area (Å²) < 4.78 is 53.4. The first kappa shape index (κ1) is 23.5. The quantitative estimate of drug-likeness (QED) is 0.560. The molecule has 33 heavy (non-hydrogen) atoms. The highest BCUT2D eigenvalue weighted by molar-refractivity contribution is 5.82. The Balaban J connectivity index is 1.43. The topological polar surface area (TPSA) is 26.8 Å². The molecule has 1 fully saturated rings. The highest BCUT2D eigenvalue weighted by Gasteiger charge is 2.35. The lowest BCUT2D eigenvalue weighted by molar-refractivity contribution is -0.138. The number of alkyl halides is 3. The molecule has 2 aromatic carbocycles. The summed E-state index contributed by atoms with van der Waals surface area (Å²) in [5, 5.41) is 0. The first-order chi connectivity index (χ1) is 15.8. The normalized spacial score (nSPS) is 17.8. The van der Waals surface area contributed by atoms with Crippen LogP contribution in [0, 0.1) is 5.82 Å². The van der Waals surface area contributed by atoms with Gasteiger partial charge in [-0.05, 0) is 36.2 Å². The highest BCUT2D eigenvalue weighted by atomic mass is 19.4. The van der Waals surface area contributed by atoms with Crippen molar-refractivity contribution in [3.8, 4) is 0 Å². The average Bonchev–Trinajstić information content (AvgIpc) is 3.25. The number of fused-ring (bicyclic) bond motifs is 1. The van der Waals surface area contributed by atoms with Gasteiger partial charge >= 0.3 is 6.18 Å². The fourth-order valence-corrected chi connectivity index (χ4v) is 4.78. The van der Waals surface area contributed by atoms with E-state index in [0.29, 0.717) is 50.4 Å². The molecule has 0 aromatic heterocycles. The maximum absolute atomic E-state index is 14.2. The van der Waals surface area contributed by atoms with Crippen LogP contribution in [0.2, 0.25) is 0 Å². The summed E-state index contributed by atoms with van der Waals surface area (Å²) in [5.41, 5.74) is 1.34. The molecule has 0 radical (unpaired) electrons. The van der Waals surface area contributed by atoms with E-state index in [9.17, 15) is 22.4 Å². The summed E-state index contributed by atoms with van der Waals surface area (Å²) in [7, 11) is 0. The van der Waals surface area contributed by atoms with Gasteiger partial charge in [0.25, 0.3) is 0 Å². The minimum atomic E-state index is -4.37. The summed E-state index contributed by atoms with van der Waals surface area (Å²) in [5.74, 6) is -0.269. The second-order valence-electron chi connectivity index (χ2n) is 8.80. The number of hydrogen-bond acceptors (Lipinski definition) is 3. The summed E-state index contributed by atoms with van der Waals surface area (Å²) in [6.07, 6.45) is -1.79. The SMILES string of the molecule is CCCCC(C(=O)N1Cc2cccc(F)c2C1)N1CCN(c2cccc(C(F)(F)F)c2)CC1. The lowest BCUT2D eigenvalue weighted by Crippen LogP contribution is -2.55. The van der Waals surface area contributed by atoms with E-state index in [2.05, 4.69) is 11.8 Å². The Kier molecular flexibility index (Phi) is 6.93. The van der Waals surface area contributed by atoms with Gasteiger partial charge in [-0.2, -0.15) is 13.2 Å². The molecule has 4 nitrogen and oxygen atoms in total. The van der Waals surface area contributed by atoms with E-state index in [-0.39, 0.29) is 24.3 Å². The number of rotatable bonds is 6. The van der Waals surface area contributed by atoms with Gasteiger partial charge < -0.3 is 9.80 Å². The van der Waals surface area contributed by atoms with E-state index in [1.807, 2.05) is 11.0 Å². The Morgan fingerprint density at radius 3 is 2.42 bits per heavy atom. The molecule has 0 aliphatic carbocycles. The van der Waals surface area contributed by atoms with Gasteiger partial charge in [0.15, 0.2) is 0 Å². The molecule has 2 aliphatic rings. The molecule has 2 heterocycles. The molecule has 2 aromatic rings. The van der Waals surface area contributed by atoms with Crippen LogP contribution in [0.3, 0.4) is 0 Å². The summed E-state index contributed by atoms with van der Waals surface area (Å²) in [4.78, 5) is 19.3.